The van der Waals surface area contributed by atoms with Crippen molar-refractivity contribution < 1.29 is 23.9 Å². The van der Waals surface area contributed by atoms with Crippen LogP contribution < -0.4 is 0 Å². The largest absolute Gasteiger partial charge is 0.393 e. The summed E-state index contributed by atoms with van der Waals surface area (Å²) in [4.78, 5) is 55.6. The Labute approximate surface area is 328 Å². The Morgan fingerprint density at radius 2 is 0.927 bits per heavy atom. The third-order valence-electron chi connectivity index (χ3n) is 13.0. The third kappa shape index (κ3) is 10.4. The van der Waals surface area contributed by atoms with Crippen LogP contribution in [0.5, 0.6) is 0 Å². The molecule has 294 valence electrons. The lowest BCUT2D eigenvalue weighted by molar-refractivity contribution is -0.156. The number of amides is 2. The number of ether oxygens (including phenoxy) is 1. The molecule has 9 nitrogen and oxygen atoms in total. The van der Waals surface area contributed by atoms with Crippen LogP contribution in [0, 0.1) is 16.2 Å². The van der Waals surface area contributed by atoms with Crippen molar-refractivity contribution in [2.24, 2.45) is 16.2 Å². The molecule has 2 spiro atoms. The average molecular weight is 749 g/mol. The highest BCUT2D eigenvalue weighted by Gasteiger charge is 2.51. The zero-order valence-corrected chi connectivity index (χ0v) is 33.2. The lowest BCUT2D eigenvalue weighted by atomic mass is 9.77. The smallest absolute Gasteiger partial charge is 0.320 e. The monoisotopic (exact) mass is 748 g/mol. The predicted molar refractivity (Wildman–Crippen MR) is 214 cm³/mol. The van der Waals surface area contributed by atoms with Gasteiger partial charge in [-0.1, -0.05) is 111 Å². The van der Waals surface area contributed by atoms with E-state index in [1.165, 1.54) is 53.9 Å². The van der Waals surface area contributed by atoms with Gasteiger partial charge in [-0.25, -0.2) is 0 Å². The minimum absolute atomic E-state index is 0.0218. The van der Waals surface area contributed by atoms with Gasteiger partial charge in [0.1, 0.15) is 0 Å². The molecule has 0 aromatic heterocycles. The fourth-order valence-electron chi connectivity index (χ4n) is 8.73. The van der Waals surface area contributed by atoms with Crippen LogP contribution in [-0.4, -0.2) is 89.7 Å². The van der Waals surface area contributed by atoms with Crippen LogP contribution in [-0.2, 0) is 43.5 Å². The SMILES string of the molecule is CCC1(C)CCN(Cc2ccccc2)CC1.CN1C(=O)CC2(CCN(Cc3ccccc3)CC2)C1=O.O=C1CC2(CCN(Cc3ccccc3)CC2)C(=O)O1. The van der Waals surface area contributed by atoms with Crippen LogP contribution in [0.1, 0.15) is 88.3 Å². The number of carbonyl (C=O) groups excluding carboxylic acids is 4. The first-order valence-corrected chi connectivity index (χ1v) is 20.4. The van der Waals surface area contributed by atoms with Gasteiger partial charge in [-0.15, -0.1) is 0 Å². The van der Waals surface area contributed by atoms with Gasteiger partial charge in [-0.3, -0.25) is 38.8 Å². The number of nitrogens with zero attached hydrogens (tertiary/aromatic N) is 4. The van der Waals surface area contributed by atoms with Crippen LogP contribution in [0.4, 0.5) is 0 Å². The normalized spacial score (nSPS) is 22.2. The van der Waals surface area contributed by atoms with E-state index in [2.05, 4.69) is 95.3 Å². The molecule has 2 amide bonds. The fraction of sp³-hybridized carbons (Fsp3) is 0.522. The van der Waals surface area contributed by atoms with Crippen molar-refractivity contribution in [1.29, 1.82) is 0 Å². The fourth-order valence-corrected chi connectivity index (χ4v) is 8.73. The van der Waals surface area contributed by atoms with Crippen LogP contribution in [0.15, 0.2) is 91.0 Å². The van der Waals surface area contributed by atoms with Crippen molar-refractivity contribution >= 4 is 23.8 Å². The lowest BCUT2D eigenvalue weighted by Gasteiger charge is -2.38. The number of benzene rings is 3. The van der Waals surface area contributed by atoms with Crippen LogP contribution in [0.2, 0.25) is 0 Å². The summed E-state index contributed by atoms with van der Waals surface area (Å²) in [5.74, 6) is -0.660. The average Bonchev–Trinajstić information content (AvgIpc) is 3.60. The Kier molecular flexibility index (Phi) is 13.4. The number of rotatable bonds is 7. The second-order valence-electron chi connectivity index (χ2n) is 16.9. The van der Waals surface area contributed by atoms with E-state index >= 15 is 0 Å². The molecule has 8 rings (SSSR count). The number of esters is 2. The number of hydrogen-bond acceptors (Lipinski definition) is 8. The highest BCUT2D eigenvalue weighted by molar-refractivity contribution is 6.05. The number of likely N-dealkylation sites (tertiary alicyclic amines) is 4. The molecule has 5 fully saturated rings. The molecule has 3 aromatic rings. The van der Waals surface area contributed by atoms with E-state index in [9.17, 15) is 19.2 Å². The number of piperidine rings is 3. The van der Waals surface area contributed by atoms with Gasteiger partial charge in [0.25, 0.3) is 0 Å². The summed E-state index contributed by atoms with van der Waals surface area (Å²) in [5.41, 5.74) is 3.71. The highest BCUT2D eigenvalue weighted by Crippen LogP contribution is 2.42. The number of carbonyl (C=O) groups is 4. The minimum atomic E-state index is -0.524. The zero-order valence-electron chi connectivity index (χ0n) is 33.2. The van der Waals surface area contributed by atoms with Gasteiger partial charge in [0.15, 0.2) is 0 Å². The second-order valence-corrected chi connectivity index (χ2v) is 16.9. The minimum Gasteiger partial charge on any atom is -0.393 e. The first kappa shape index (κ1) is 40.5. The van der Waals surface area contributed by atoms with Gasteiger partial charge in [0, 0.05) is 33.1 Å². The first-order chi connectivity index (χ1) is 26.5. The van der Waals surface area contributed by atoms with Crippen molar-refractivity contribution in [3.63, 3.8) is 0 Å². The molecule has 0 atom stereocenters. The molecule has 55 heavy (non-hydrogen) atoms. The van der Waals surface area contributed by atoms with Crippen LogP contribution in [0.3, 0.4) is 0 Å². The van der Waals surface area contributed by atoms with Crippen LogP contribution >= 0.6 is 0 Å². The molecule has 9 heteroatoms. The van der Waals surface area contributed by atoms with Gasteiger partial charge in [-0.2, -0.15) is 0 Å². The summed E-state index contributed by atoms with van der Waals surface area (Å²) in [6, 6.07) is 31.5. The Balaban J connectivity index is 0.000000141. The molecule has 3 aromatic carbocycles. The summed E-state index contributed by atoms with van der Waals surface area (Å²) in [5, 5.41) is 0. The Morgan fingerprint density at radius 3 is 1.25 bits per heavy atom. The molecule has 5 aliphatic rings. The van der Waals surface area contributed by atoms with Crippen molar-refractivity contribution in [2.45, 2.75) is 91.3 Å². The van der Waals surface area contributed by atoms with Gasteiger partial charge in [0.05, 0.1) is 17.3 Å². The third-order valence-corrected chi connectivity index (χ3v) is 13.0. The van der Waals surface area contributed by atoms with E-state index < -0.39 is 10.8 Å². The summed E-state index contributed by atoms with van der Waals surface area (Å²) < 4.78 is 4.71. The summed E-state index contributed by atoms with van der Waals surface area (Å²) in [6.07, 6.45) is 7.77. The molecule has 5 aliphatic heterocycles. The summed E-state index contributed by atoms with van der Waals surface area (Å²) >= 11 is 0. The van der Waals surface area contributed by atoms with E-state index in [-0.39, 0.29) is 30.2 Å². The standard InChI is InChI=1S/C16H20N2O2.C15H17NO3.C15H23N/c1-17-14(19)11-16(15(17)20)7-9-18(10-8-16)12-13-5-3-2-4-6-13;17-13-10-15(14(18)19-13)6-8-16(9-7-15)11-12-4-2-1-3-5-12;1-3-15(2)9-11-16(12-10-15)13-14-7-5-4-6-8-14/h2-6H,7-12H2,1H3;1-5H,6-11H2;4-8H,3,9-13H2,1-2H3. The van der Waals surface area contributed by atoms with E-state index in [1.807, 2.05) is 24.3 Å². The Bertz CT molecular complexity index is 1730. The first-order valence-electron chi connectivity index (χ1n) is 20.4. The molecule has 0 radical (unpaired) electrons. The predicted octanol–water partition coefficient (Wildman–Crippen LogP) is 7.10. The molecule has 0 aliphatic carbocycles. The molecular weight excluding hydrogens is 689 g/mol. The van der Waals surface area contributed by atoms with Crippen molar-refractivity contribution in [3.8, 4) is 0 Å². The molecule has 0 saturated carbocycles. The van der Waals surface area contributed by atoms with Crippen molar-refractivity contribution in [3.05, 3.63) is 108 Å². The molecular formula is C46H60N4O5. The maximum atomic E-state index is 12.2. The molecule has 5 heterocycles. The van der Waals surface area contributed by atoms with E-state index in [0.29, 0.717) is 11.8 Å². The van der Waals surface area contributed by atoms with Gasteiger partial charge in [-0.05, 0) is 99.9 Å². The van der Waals surface area contributed by atoms with Gasteiger partial charge < -0.3 is 4.74 Å². The lowest BCUT2D eigenvalue weighted by Crippen LogP contribution is -2.43. The summed E-state index contributed by atoms with van der Waals surface area (Å²) in [6.45, 7) is 13.7. The molecule has 0 unspecified atom stereocenters. The van der Waals surface area contributed by atoms with Gasteiger partial charge >= 0.3 is 11.9 Å². The topological polar surface area (TPSA) is 90.5 Å². The number of hydrogen-bond donors (Lipinski definition) is 0. The van der Waals surface area contributed by atoms with E-state index in [0.717, 1.165) is 71.5 Å². The second kappa shape index (κ2) is 18.2. The summed E-state index contributed by atoms with van der Waals surface area (Å²) in [7, 11) is 1.61. The maximum absolute atomic E-state index is 12.2. The zero-order chi connectivity index (χ0) is 38.9. The number of cyclic esters (lactones) is 2. The highest BCUT2D eigenvalue weighted by atomic mass is 16.6. The molecule has 5 saturated heterocycles. The van der Waals surface area contributed by atoms with Crippen molar-refractivity contribution in [2.75, 3.05) is 46.3 Å². The quantitative estimate of drug-likeness (QED) is 0.144. The Hall–Kier alpha value is -4.18. The van der Waals surface area contributed by atoms with Crippen molar-refractivity contribution in [1.82, 2.24) is 19.6 Å². The molecule has 0 N–H and O–H groups in total. The van der Waals surface area contributed by atoms with E-state index in [4.69, 9.17) is 4.74 Å². The van der Waals surface area contributed by atoms with Crippen LogP contribution in [0.25, 0.3) is 0 Å². The number of imide groups is 1. The Morgan fingerprint density at radius 1 is 0.545 bits per heavy atom. The van der Waals surface area contributed by atoms with Gasteiger partial charge in [0.2, 0.25) is 11.8 Å². The maximum Gasteiger partial charge on any atom is 0.320 e. The van der Waals surface area contributed by atoms with E-state index in [1.54, 1.807) is 7.05 Å². The molecule has 0 bridgehead atoms.